The highest BCUT2D eigenvalue weighted by atomic mass is 16.4. The van der Waals surface area contributed by atoms with Crippen molar-refractivity contribution in [2.75, 3.05) is 33.7 Å². The highest BCUT2D eigenvalue weighted by molar-refractivity contribution is 5.79. The molecule has 6 nitrogen and oxygen atoms in total. The maximum absolute atomic E-state index is 12.5. The molecule has 2 fully saturated rings. The molecule has 2 rings (SSSR count). The van der Waals surface area contributed by atoms with Gasteiger partial charge in [0.05, 0.1) is 5.41 Å². The van der Waals surface area contributed by atoms with Gasteiger partial charge in [0.1, 0.15) is 0 Å². The summed E-state index contributed by atoms with van der Waals surface area (Å²) in [5, 5.41) is 12.4. The van der Waals surface area contributed by atoms with E-state index in [2.05, 4.69) is 24.3 Å². The fourth-order valence-electron chi connectivity index (χ4n) is 3.83. The molecular formula is C17H31N3O3. The molecule has 0 aromatic rings. The van der Waals surface area contributed by atoms with Crippen LogP contribution in [0.4, 0.5) is 4.79 Å². The lowest BCUT2D eigenvalue weighted by Crippen LogP contribution is -2.54. The van der Waals surface area contributed by atoms with E-state index >= 15 is 0 Å². The van der Waals surface area contributed by atoms with Gasteiger partial charge in [0.15, 0.2) is 0 Å². The fourth-order valence-corrected chi connectivity index (χ4v) is 3.83. The number of carboxylic acids is 1. The van der Waals surface area contributed by atoms with Crippen molar-refractivity contribution in [3.8, 4) is 0 Å². The van der Waals surface area contributed by atoms with Gasteiger partial charge in [0.2, 0.25) is 0 Å². The topological polar surface area (TPSA) is 72.9 Å². The van der Waals surface area contributed by atoms with E-state index in [1.54, 1.807) is 11.8 Å². The molecule has 1 saturated carbocycles. The number of nitrogens with one attached hydrogen (secondary N) is 1. The summed E-state index contributed by atoms with van der Waals surface area (Å²) in [7, 11) is 4.18. The molecule has 1 heterocycles. The Morgan fingerprint density at radius 3 is 2.22 bits per heavy atom. The molecule has 0 spiro atoms. The van der Waals surface area contributed by atoms with E-state index < -0.39 is 11.4 Å². The third-order valence-electron chi connectivity index (χ3n) is 5.83. The molecular weight excluding hydrogens is 294 g/mol. The second-order valence-electron chi connectivity index (χ2n) is 7.73. The maximum atomic E-state index is 12.5. The van der Waals surface area contributed by atoms with Gasteiger partial charge in [-0.05, 0) is 40.3 Å². The van der Waals surface area contributed by atoms with Gasteiger partial charge in [-0.15, -0.1) is 0 Å². The van der Waals surface area contributed by atoms with Crippen LogP contribution >= 0.6 is 0 Å². The van der Waals surface area contributed by atoms with Gasteiger partial charge < -0.3 is 20.2 Å². The zero-order valence-corrected chi connectivity index (χ0v) is 14.7. The summed E-state index contributed by atoms with van der Waals surface area (Å²) in [5.74, 6) is -0.818. The minimum absolute atomic E-state index is 0.0297. The number of hydrogen-bond donors (Lipinski definition) is 2. The molecule has 0 aromatic carbocycles. The molecule has 1 atom stereocenters. The van der Waals surface area contributed by atoms with E-state index in [1.165, 1.54) is 25.7 Å². The Labute approximate surface area is 139 Å². The number of likely N-dealkylation sites (N-methyl/N-ethyl adjacent to an activating group) is 1. The van der Waals surface area contributed by atoms with Crippen molar-refractivity contribution in [2.24, 2.45) is 5.41 Å². The second-order valence-corrected chi connectivity index (χ2v) is 7.73. The lowest BCUT2D eigenvalue weighted by molar-refractivity contribution is -0.147. The molecule has 1 unspecified atom stereocenters. The smallest absolute Gasteiger partial charge is 0.317 e. The normalized spacial score (nSPS) is 27.7. The van der Waals surface area contributed by atoms with Gasteiger partial charge in [-0.3, -0.25) is 4.79 Å². The van der Waals surface area contributed by atoms with Crippen molar-refractivity contribution in [1.29, 1.82) is 0 Å². The van der Waals surface area contributed by atoms with Crippen LogP contribution in [0.25, 0.3) is 0 Å². The summed E-state index contributed by atoms with van der Waals surface area (Å²) in [6.45, 7) is 3.17. The molecule has 1 saturated heterocycles. The first kappa shape index (κ1) is 18.0. The van der Waals surface area contributed by atoms with Gasteiger partial charge in [-0.25, -0.2) is 4.79 Å². The molecule has 0 bridgehead atoms. The maximum Gasteiger partial charge on any atom is 0.317 e. The predicted molar refractivity (Wildman–Crippen MR) is 89.5 cm³/mol. The predicted octanol–water partition coefficient (Wildman–Crippen LogP) is 2.15. The van der Waals surface area contributed by atoms with Crippen LogP contribution in [0.15, 0.2) is 0 Å². The van der Waals surface area contributed by atoms with Gasteiger partial charge in [-0.1, -0.05) is 25.7 Å². The Morgan fingerprint density at radius 2 is 1.74 bits per heavy atom. The number of likely N-dealkylation sites (tertiary alicyclic amines) is 1. The van der Waals surface area contributed by atoms with Gasteiger partial charge in [0.25, 0.3) is 0 Å². The van der Waals surface area contributed by atoms with Crippen molar-refractivity contribution in [2.45, 2.75) is 57.4 Å². The first-order valence-corrected chi connectivity index (χ1v) is 8.73. The number of carbonyl (C=O) groups is 2. The summed E-state index contributed by atoms with van der Waals surface area (Å²) in [4.78, 5) is 27.7. The number of hydrogen-bond acceptors (Lipinski definition) is 3. The molecule has 1 aliphatic carbocycles. The van der Waals surface area contributed by atoms with Crippen LogP contribution in [0.3, 0.4) is 0 Å². The quantitative estimate of drug-likeness (QED) is 0.777. The van der Waals surface area contributed by atoms with Crippen LogP contribution in [0.1, 0.15) is 51.9 Å². The molecule has 132 valence electrons. The Hall–Kier alpha value is -1.30. The average Bonchev–Trinajstić information content (AvgIpc) is 2.76. The van der Waals surface area contributed by atoms with Gasteiger partial charge >= 0.3 is 12.0 Å². The molecule has 0 radical (unpaired) electrons. The third kappa shape index (κ3) is 3.97. The van der Waals surface area contributed by atoms with Crippen molar-refractivity contribution in [3.05, 3.63) is 0 Å². The number of carboxylic acid groups (broad SMARTS) is 1. The van der Waals surface area contributed by atoms with E-state index in [9.17, 15) is 14.7 Å². The van der Waals surface area contributed by atoms with Crippen LogP contribution in [0.2, 0.25) is 0 Å². The number of rotatable bonds is 4. The van der Waals surface area contributed by atoms with E-state index in [4.69, 9.17) is 0 Å². The lowest BCUT2D eigenvalue weighted by atomic mass is 9.88. The first-order chi connectivity index (χ1) is 10.8. The molecule has 2 amide bonds. The van der Waals surface area contributed by atoms with Crippen molar-refractivity contribution < 1.29 is 14.7 Å². The van der Waals surface area contributed by atoms with Crippen molar-refractivity contribution >= 4 is 12.0 Å². The van der Waals surface area contributed by atoms with Crippen LogP contribution in [0, 0.1) is 5.41 Å². The lowest BCUT2D eigenvalue weighted by Gasteiger charge is -2.40. The van der Waals surface area contributed by atoms with Crippen LogP contribution in [0.5, 0.6) is 0 Å². The Balaban J connectivity index is 1.93. The van der Waals surface area contributed by atoms with E-state index in [0.717, 1.165) is 12.8 Å². The standard InChI is InChI=1S/C17H31N3O3/c1-16(14(21)22)10-11-20(13-16)15(23)18-12-17(19(2)3)8-6-4-5-7-9-17/h4-13H2,1-3H3,(H,18,23)(H,21,22). The monoisotopic (exact) mass is 325 g/mol. The van der Waals surface area contributed by atoms with Crippen molar-refractivity contribution in [3.63, 3.8) is 0 Å². The van der Waals surface area contributed by atoms with Gasteiger partial charge in [0, 0.05) is 25.2 Å². The number of aliphatic carboxylic acids is 1. The summed E-state index contributed by atoms with van der Waals surface area (Å²) in [5.41, 5.74) is -0.777. The summed E-state index contributed by atoms with van der Waals surface area (Å²) >= 11 is 0. The minimum Gasteiger partial charge on any atom is -0.481 e. The summed E-state index contributed by atoms with van der Waals surface area (Å²) in [6.07, 6.45) is 7.68. The van der Waals surface area contributed by atoms with Gasteiger partial charge in [-0.2, -0.15) is 0 Å². The molecule has 6 heteroatoms. The second kappa shape index (κ2) is 7.07. The zero-order valence-electron chi connectivity index (χ0n) is 14.7. The molecule has 2 N–H and O–H groups in total. The Kier molecular flexibility index (Phi) is 5.55. The molecule has 23 heavy (non-hydrogen) atoms. The Morgan fingerprint density at radius 1 is 1.13 bits per heavy atom. The number of amides is 2. The highest BCUT2D eigenvalue weighted by Crippen LogP contribution is 2.32. The van der Waals surface area contributed by atoms with Crippen LogP contribution in [-0.2, 0) is 4.79 Å². The minimum atomic E-state index is -0.818. The molecule has 2 aliphatic rings. The Bertz CT molecular complexity index is 444. The van der Waals surface area contributed by atoms with E-state index in [1.807, 2.05) is 0 Å². The fraction of sp³-hybridized carbons (Fsp3) is 0.882. The summed E-state index contributed by atoms with van der Waals surface area (Å²) < 4.78 is 0. The number of carbonyl (C=O) groups excluding carboxylic acids is 1. The van der Waals surface area contributed by atoms with Crippen LogP contribution in [-0.4, -0.2) is 66.2 Å². The van der Waals surface area contributed by atoms with E-state index in [-0.39, 0.29) is 11.6 Å². The zero-order chi connectivity index (χ0) is 17.1. The van der Waals surface area contributed by atoms with Crippen LogP contribution < -0.4 is 5.32 Å². The molecule has 0 aromatic heterocycles. The number of urea groups is 1. The largest absolute Gasteiger partial charge is 0.481 e. The van der Waals surface area contributed by atoms with E-state index in [0.29, 0.717) is 26.1 Å². The third-order valence-corrected chi connectivity index (χ3v) is 5.83. The molecule has 1 aliphatic heterocycles. The highest BCUT2D eigenvalue weighted by Gasteiger charge is 2.42. The SMILES string of the molecule is CN(C)C1(CNC(=O)N2CCC(C)(C(=O)O)C2)CCCCCC1. The summed E-state index contributed by atoms with van der Waals surface area (Å²) in [6, 6.07) is -0.125. The number of nitrogens with zero attached hydrogens (tertiary/aromatic N) is 2. The average molecular weight is 325 g/mol. The first-order valence-electron chi connectivity index (χ1n) is 8.73. The van der Waals surface area contributed by atoms with Crippen molar-refractivity contribution in [1.82, 2.24) is 15.1 Å².